The Balaban J connectivity index is 1.83. The molecule has 0 aliphatic carbocycles. The molecule has 144 valence electrons. The molecule has 0 saturated heterocycles. The highest BCUT2D eigenvalue weighted by molar-refractivity contribution is 5.94. The van der Waals surface area contributed by atoms with Gasteiger partial charge in [-0.05, 0) is 37.6 Å². The van der Waals surface area contributed by atoms with Gasteiger partial charge < -0.3 is 19.5 Å². The van der Waals surface area contributed by atoms with Gasteiger partial charge in [0.05, 0.1) is 0 Å². The number of hydrogen-bond donors (Lipinski definition) is 1. The van der Waals surface area contributed by atoms with Gasteiger partial charge in [-0.3, -0.25) is 4.79 Å². The maximum absolute atomic E-state index is 12.3. The topological polar surface area (TPSA) is 73.9 Å². The average molecular weight is 371 g/mol. The smallest absolute Gasteiger partial charge is 0.342 e. The molecule has 6 heteroatoms. The average Bonchev–Trinajstić information content (AvgIpc) is 2.70. The van der Waals surface area contributed by atoms with Crippen LogP contribution in [0.25, 0.3) is 0 Å². The fourth-order valence-corrected chi connectivity index (χ4v) is 2.22. The number of hydrogen-bond acceptors (Lipinski definition) is 5. The van der Waals surface area contributed by atoms with Crippen molar-refractivity contribution in [3.8, 4) is 11.5 Å². The maximum Gasteiger partial charge on any atom is 0.342 e. The molecule has 0 bridgehead atoms. The Morgan fingerprint density at radius 2 is 1.63 bits per heavy atom. The van der Waals surface area contributed by atoms with E-state index >= 15 is 0 Å². The van der Waals surface area contributed by atoms with Crippen LogP contribution in [0.2, 0.25) is 0 Å². The Labute approximate surface area is 159 Å². The second-order valence-electron chi connectivity index (χ2n) is 5.96. The predicted octanol–water partition coefficient (Wildman–Crippen LogP) is 3.22. The Bertz CT molecular complexity index is 732. The minimum Gasteiger partial charge on any atom is -0.490 e. The highest BCUT2D eigenvalue weighted by Gasteiger charge is 2.15. The Kier molecular flexibility index (Phi) is 8.16. The highest BCUT2D eigenvalue weighted by Crippen LogP contribution is 2.19. The summed E-state index contributed by atoms with van der Waals surface area (Å²) in [5.41, 5.74) is 0.272. The van der Waals surface area contributed by atoms with E-state index in [1.807, 2.05) is 44.2 Å². The van der Waals surface area contributed by atoms with Crippen molar-refractivity contribution in [2.45, 2.75) is 26.3 Å². The first kappa shape index (κ1) is 20.3. The number of carbonyl (C=O) groups excluding carboxylic acids is 2. The number of para-hydroxylation sites is 2. The van der Waals surface area contributed by atoms with E-state index in [4.69, 9.17) is 14.2 Å². The summed E-state index contributed by atoms with van der Waals surface area (Å²) in [7, 11) is 0. The van der Waals surface area contributed by atoms with Gasteiger partial charge in [-0.2, -0.15) is 0 Å². The van der Waals surface area contributed by atoms with E-state index in [0.717, 1.165) is 12.2 Å². The lowest BCUT2D eigenvalue weighted by molar-refractivity contribution is -0.124. The molecule has 1 amide bonds. The standard InChI is InChI=1S/C21H25NO5/c1-3-16(2)22-20(23)15-27-21(24)18-11-7-8-12-19(18)26-14-13-25-17-9-5-4-6-10-17/h4-12,16H,3,13-15H2,1-2H3,(H,22,23)/t16-/m0/s1. The second-order valence-corrected chi connectivity index (χ2v) is 5.96. The van der Waals surface area contributed by atoms with Gasteiger partial charge in [0.15, 0.2) is 6.61 Å². The monoisotopic (exact) mass is 371 g/mol. The summed E-state index contributed by atoms with van der Waals surface area (Å²) in [4.78, 5) is 24.0. The zero-order valence-electron chi connectivity index (χ0n) is 15.6. The SMILES string of the molecule is CC[C@H](C)NC(=O)COC(=O)c1ccccc1OCCOc1ccccc1. The second kappa shape index (κ2) is 10.9. The number of benzene rings is 2. The van der Waals surface area contributed by atoms with Crippen molar-refractivity contribution in [2.75, 3.05) is 19.8 Å². The van der Waals surface area contributed by atoms with E-state index in [1.165, 1.54) is 0 Å². The van der Waals surface area contributed by atoms with Crippen molar-refractivity contribution in [1.82, 2.24) is 5.32 Å². The van der Waals surface area contributed by atoms with Crippen LogP contribution >= 0.6 is 0 Å². The van der Waals surface area contributed by atoms with Gasteiger partial charge in [-0.1, -0.05) is 37.3 Å². The van der Waals surface area contributed by atoms with Crippen molar-refractivity contribution in [3.05, 3.63) is 60.2 Å². The van der Waals surface area contributed by atoms with Crippen molar-refractivity contribution in [2.24, 2.45) is 0 Å². The van der Waals surface area contributed by atoms with Gasteiger partial charge in [-0.25, -0.2) is 4.79 Å². The van der Waals surface area contributed by atoms with E-state index in [2.05, 4.69) is 5.32 Å². The number of carbonyl (C=O) groups is 2. The first-order chi connectivity index (χ1) is 13.1. The lowest BCUT2D eigenvalue weighted by Crippen LogP contribution is -2.35. The molecule has 0 unspecified atom stereocenters. The van der Waals surface area contributed by atoms with E-state index in [9.17, 15) is 9.59 Å². The van der Waals surface area contributed by atoms with Gasteiger partial charge in [-0.15, -0.1) is 0 Å². The molecule has 0 heterocycles. The summed E-state index contributed by atoms with van der Waals surface area (Å²) in [5, 5.41) is 2.74. The normalized spacial score (nSPS) is 11.3. The molecule has 6 nitrogen and oxygen atoms in total. The first-order valence-corrected chi connectivity index (χ1v) is 8.96. The van der Waals surface area contributed by atoms with E-state index in [1.54, 1.807) is 24.3 Å². The number of amides is 1. The molecular weight excluding hydrogens is 346 g/mol. The molecule has 2 aromatic rings. The lowest BCUT2D eigenvalue weighted by Gasteiger charge is -2.13. The molecule has 0 radical (unpaired) electrons. The van der Waals surface area contributed by atoms with E-state index in [0.29, 0.717) is 12.4 Å². The van der Waals surface area contributed by atoms with Gasteiger partial charge >= 0.3 is 5.97 Å². The minimum absolute atomic E-state index is 0.0384. The maximum atomic E-state index is 12.3. The van der Waals surface area contributed by atoms with Crippen LogP contribution in [0.3, 0.4) is 0 Å². The molecule has 1 atom stereocenters. The molecule has 0 aromatic heterocycles. The summed E-state index contributed by atoms with van der Waals surface area (Å²) in [6.07, 6.45) is 0.807. The van der Waals surface area contributed by atoms with Gasteiger partial charge in [0, 0.05) is 6.04 Å². The highest BCUT2D eigenvalue weighted by atomic mass is 16.5. The molecule has 1 N–H and O–H groups in total. The number of esters is 1. The summed E-state index contributed by atoms with van der Waals surface area (Å²) >= 11 is 0. The molecule has 27 heavy (non-hydrogen) atoms. The summed E-state index contributed by atoms with van der Waals surface area (Å²) in [5.74, 6) is 0.212. The molecular formula is C21H25NO5. The summed E-state index contributed by atoms with van der Waals surface area (Å²) in [6, 6.07) is 16.2. The third-order valence-corrected chi connectivity index (χ3v) is 3.81. The van der Waals surface area contributed by atoms with Crippen LogP contribution in [0, 0.1) is 0 Å². The summed E-state index contributed by atoms with van der Waals surface area (Å²) in [6.45, 7) is 4.14. The molecule has 0 aliphatic heterocycles. The third-order valence-electron chi connectivity index (χ3n) is 3.81. The number of nitrogens with one attached hydrogen (secondary N) is 1. The van der Waals surface area contributed by atoms with E-state index < -0.39 is 5.97 Å². The van der Waals surface area contributed by atoms with Crippen LogP contribution in [0.15, 0.2) is 54.6 Å². The predicted molar refractivity (Wildman–Crippen MR) is 102 cm³/mol. The fourth-order valence-electron chi connectivity index (χ4n) is 2.22. The first-order valence-electron chi connectivity index (χ1n) is 8.96. The minimum atomic E-state index is -0.603. The Hall–Kier alpha value is -3.02. The molecule has 0 aliphatic rings. The fraction of sp³-hybridized carbons (Fsp3) is 0.333. The van der Waals surface area contributed by atoms with Crippen LogP contribution in [0.5, 0.6) is 11.5 Å². The number of rotatable bonds is 10. The quantitative estimate of drug-likeness (QED) is 0.513. The van der Waals surface area contributed by atoms with Crippen LogP contribution < -0.4 is 14.8 Å². The van der Waals surface area contributed by atoms with Crippen molar-refractivity contribution >= 4 is 11.9 Å². The molecule has 2 aromatic carbocycles. The van der Waals surface area contributed by atoms with Crippen molar-refractivity contribution in [3.63, 3.8) is 0 Å². The number of ether oxygens (including phenoxy) is 3. The van der Waals surface area contributed by atoms with Gasteiger partial charge in [0.1, 0.15) is 30.3 Å². The van der Waals surface area contributed by atoms with Crippen molar-refractivity contribution < 1.29 is 23.8 Å². The molecule has 2 rings (SSSR count). The van der Waals surface area contributed by atoms with Crippen LogP contribution in [0.1, 0.15) is 30.6 Å². The largest absolute Gasteiger partial charge is 0.490 e. The van der Waals surface area contributed by atoms with Crippen LogP contribution in [-0.2, 0) is 9.53 Å². The van der Waals surface area contributed by atoms with Crippen LogP contribution in [0.4, 0.5) is 0 Å². The molecule has 0 saturated carbocycles. The molecule has 0 fully saturated rings. The van der Waals surface area contributed by atoms with Crippen molar-refractivity contribution in [1.29, 1.82) is 0 Å². The van der Waals surface area contributed by atoms with Gasteiger partial charge in [0.25, 0.3) is 5.91 Å². The summed E-state index contributed by atoms with van der Waals surface area (Å²) < 4.78 is 16.3. The molecule has 0 spiro atoms. The Morgan fingerprint density at radius 3 is 2.37 bits per heavy atom. The zero-order valence-corrected chi connectivity index (χ0v) is 15.6. The van der Waals surface area contributed by atoms with Crippen LogP contribution in [-0.4, -0.2) is 37.7 Å². The van der Waals surface area contributed by atoms with Gasteiger partial charge in [0.2, 0.25) is 0 Å². The Morgan fingerprint density at radius 1 is 0.963 bits per heavy atom. The zero-order chi connectivity index (χ0) is 19.5. The third kappa shape index (κ3) is 7.01. The van der Waals surface area contributed by atoms with E-state index in [-0.39, 0.29) is 30.7 Å². The lowest BCUT2D eigenvalue weighted by atomic mass is 10.2.